The lowest BCUT2D eigenvalue weighted by Crippen LogP contribution is -2.39. The van der Waals surface area contributed by atoms with Crippen molar-refractivity contribution in [2.45, 2.75) is 34.1 Å². The van der Waals surface area contributed by atoms with E-state index in [1.807, 2.05) is 0 Å². The number of fused-ring (bicyclic) bond motifs is 1. The number of hydrogen-bond acceptors (Lipinski definition) is 5. The van der Waals surface area contributed by atoms with E-state index in [0.717, 1.165) is 48.1 Å². The third-order valence-electron chi connectivity index (χ3n) is 4.00. The van der Waals surface area contributed by atoms with Crippen LogP contribution >= 0.6 is 11.3 Å². The fraction of sp³-hybridized carbons (Fsp3) is 0.625. The van der Waals surface area contributed by atoms with Crippen LogP contribution in [0, 0.1) is 18.8 Å². The summed E-state index contributed by atoms with van der Waals surface area (Å²) >= 11 is 1.75. The Bertz CT molecular complexity index is 626. The Morgan fingerprint density at radius 1 is 1.29 bits per heavy atom. The van der Waals surface area contributed by atoms with E-state index in [-0.39, 0.29) is 0 Å². The summed E-state index contributed by atoms with van der Waals surface area (Å²) in [5.74, 6) is 3.31. The van der Waals surface area contributed by atoms with E-state index in [9.17, 15) is 0 Å². The summed E-state index contributed by atoms with van der Waals surface area (Å²) in [6.07, 6.45) is 1.31. The first-order valence-corrected chi connectivity index (χ1v) is 8.65. The second-order valence-corrected chi connectivity index (χ2v) is 7.56. The van der Waals surface area contributed by atoms with Gasteiger partial charge < -0.3 is 10.2 Å². The van der Waals surface area contributed by atoms with Crippen LogP contribution in [0.15, 0.2) is 6.07 Å². The summed E-state index contributed by atoms with van der Waals surface area (Å²) in [5, 5.41) is 4.48. The number of piperidine rings is 1. The third kappa shape index (κ3) is 2.98. The van der Waals surface area contributed by atoms with E-state index < -0.39 is 0 Å². The highest BCUT2D eigenvalue weighted by molar-refractivity contribution is 7.18. The molecule has 0 radical (unpaired) electrons. The highest BCUT2D eigenvalue weighted by atomic mass is 32.1. The molecule has 0 aromatic carbocycles. The van der Waals surface area contributed by atoms with Gasteiger partial charge in [-0.1, -0.05) is 13.8 Å². The summed E-state index contributed by atoms with van der Waals surface area (Å²) in [5.41, 5.74) is 0. The van der Waals surface area contributed by atoms with Gasteiger partial charge in [-0.2, -0.15) is 4.98 Å². The average molecular weight is 304 g/mol. The van der Waals surface area contributed by atoms with Crippen LogP contribution in [0.5, 0.6) is 0 Å². The molecular weight excluding hydrogens is 280 g/mol. The zero-order chi connectivity index (χ0) is 15.0. The number of hydrogen-bond donors (Lipinski definition) is 1. The molecule has 2 aromatic heterocycles. The highest BCUT2D eigenvalue weighted by Gasteiger charge is 2.25. The highest BCUT2D eigenvalue weighted by Crippen LogP contribution is 2.34. The molecule has 1 fully saturated rings. The lowest BCUT2D eigenvalue weighted by molar-refractivity contribution is 0.356. The number of anilines is 2. The minimum Gasteiger partial charge on any atom is -0.355 e. The van der Waals surface area contributed by atoms with Gasteiger partial charge in [-0.15, -0.1) is 11.3 Å². The molecule has 0 saturated carbocycles. The zero-order valence-corrected chi connectivity index (χ0v) is 14.1. The van der Waals surface area contributed by atoms with Gasteiger partial charge in [0.2, 0.25) is 5.95 Å². The summed E-state index contributed by atoms with van der Waals surface area (Å²) < 4.78 is 0. The van der Waals surface area contributed by atoms with Crippen molar-refractivity contribution in [2.75, 3.05) is 29.9 Å². The Balaban J connectivity index is 2.06. The third-order valence-corrected chi connectivity index (χ3v) is 4.94. The number of aromatic nitrogens is 2. The minimum absolute atomic E-state index is 0.723. The zero-order valence-electron chi connectivity index (χ0n) is 13.3. The standard InChI is InChI=1S/C16H24N4S/c1-5-17-16-18-14(13-7-12(4)21-15(13)19-16)20-8-10(2)6-11(3)9-20/h7,10-11H,5-6,8-9H2,1-4H3,(H,17,18,19). The molecule has 21 heavy (non-hydrogen) atoms. The van der Waals surface area contributed by atoms with Gasteiger partial charge in [0.25, 0.3) is 0 Å². The summed E-state index contributed by atoms with van der Waals surface area (Å²) in [4.78, 5) is 14.3. The van der Waals surface area contributed by atoms with Gasteiger partial charge in [0.05, 0.1) is 5.39 Å². The van der Waals surface area contributed by atoms with Crippen molar-refractivity contribution in [3.8, 4) is 0 Å². The van der Waals surface area contributed by atoms with Gasteiger partial charge in [0, 0.05) is 24.5 Å². The van der Waals surface area contributed by atoms with E-state index in [2.05, 4.69) is 49.0 Å². The molecule has 1 saturated heterocycles. The summed E-state index contributed by atoms with van der Waals surface area (Å²) in [6.45, 7) is 11.9. The SMILES string of the molecule is CCNc1nc(N2CC(C)CC(C)C2)c2cc(C)sc2n1. The van der Waals surface area contributed by atoms with Gasteiger partial charge >= 0.3 is 0 Å². The predicted molar refractivity (Wildman–Crippen MR) is 91.5 cm³/mol. The maximum atomic E-state index is 4.81. The Morgan fingerprint density at radius 3 is 2.67 bits per heavy atom. The molecule has 114 valence electrons. The first-order valence-electron chi connectivity index (χ1n) is 7.83. The van der Waals surface area contributed by atoms with Crippen LogP contribution in [-0.2, 0) is 0 Å². The Hall–Kier alpha value is -1.36. The summed E-state index contributed by atoms with van der Waals surface area (Å²) in [6, 6.07) is 2.23. The molecule has 0 amide bonds. The molecule has 2 unspecified atom stereocenters. The van der Waals surface area contributed by atoms with Gasteiger partial charge in [0.1, 0.15) is 10.6 Å². The van der Waals surface area contributed by atoms with Crippen molar-refractivity contribution >= 4 is 33.3 Å². The maximum Gasteiger partial charge on any atom is 0.226 e. The van der Waals surface area contributed by atoms with E-state index in [1.165, 1.54) is 16.7 Å². The van der Waals surface area contributed by atoms with Crippen LogP contribution in [0.4, 0.5) is 11.8 Å². The maximum absolute atomic E-state index is 4.81. The van der Waals surface area contributed by atoms with E-state index >= 15 is 0 Å². The van der Waals surface area contributed by atoms with Crippen molar-refractivity contribution in [2.24, 2.45) is 11.8 Å². The van der Waals surface area contributed by atoms with E-state index in [4.69, 9.17) is 4.98 Å². The smallest absolute Gasteiger partial charge is 0.226 e. The lowest BCUT2D eigenvalue weighted by atomic mass is 9.92. The molecule has 1 aliphatic heterocycles. The van der Waals surface area contributed by atoms with Crippen LogP contribution < -0.4 is 10.2 Å². The molecule has 2 aromatic rings. The van der Waals surface area contributed by atoms with Crippen LogP contribution in [0.3, 0.4) is 0 Å². The normalized spacial score (nSPS) is 22.8. The summed E-state index contributed by atoms with van der Waals surface area (Å²) in [7, 11) is 0. The second-order valence-electron chi connectivity index (χ2n) is 6.33. The van der Waals surface area contributed by atoms with Crippen molar-refractivity contribution in [1.82, 2.24) is 9.97 Å². The monoisotopic (exact) mass is 304 g/mol. The van der Waals surface area contributed by atoms with E-state index in [0.29, 0.717) is 0 Å². The van der Waals surface area contributed by atoms with Crippen molar-refractivity contribution in [1.29, 1.82) is 0 Å². The Labute approximate surface area is 130 Å². The van der Waals surface area contributed by atoms with Gasteiger partial charge in [-0.05, 0) is 38.2 Å². The van der Waals surface area contributed by atoms with Gasteiger partial charge in [-0.25, -0.2) is 4.98 Å². The molecule has 1 aliphatic rings. The number of aryl methyl sites for hydroxylation is 1. The molecule has 0 spiro atoms. The molecule has 5 heteroatoms. The van der Waals surface area contributed by atoms with Gasteiger partial charge in [-0.3, -0.25) is 0 Å². The molecule has 1 N–H and O–H groups in total. The van der Waals surface area contributed by atoms with Crippen molar-refractivity contribution in [3.63, 3.8) is 0 Å². The number of nitrogens with one attached hydrogen (secondary N) is 1. The molecular formula is C16H24N4S. The molecule has 3 rings (SSSR count). The number of nitrogens with zero attached hydrogens (tertiary/aromatic N) is 3. The average Bonchev–Trinajstić information content (AvgIpc) is 2.77. The minimum atomic E-state index is 0.723. The molecule has 2 atom stereocenters. The number of thiophene rings is 1. The molecule has 4 nitrogen and oxygen atoms in total. The topological polar surface area (TPSA) is 41.1 Å². The predicted octanol–water partition coefficient (Wildman–Crippen LogP) is 3.91. The van der Waals surface area contributed by atoms with Crippen LogP contribution in [0.25, 0.3) is 10.2 Å². The fourth-order valence-electron chi connectivity index (χ4n) is 3.34. The molecule has 0 bridgehead atoms. The first-order chi connectivity index (χ1) is 10.1. The van der Waals surface area contributed by atoms with Gasteiger partial charge in [0.15, 0.2) is 0 Å². The lowest BCUT2D eigenvalue weighted by Gasteiger charge is -2.36. The Morgan fingerprint density at radius 2 is 2.00 bits per heavy atom. The largest absolute Gasteiger partial charge is 0.355 e. The molecule has 0 aliphatic carbocycles. The van der Waals surface area contributed by atoms with Crippen molar-refractivity contribution < 1.29 is 0 Å². The first kappa shape index (κ1) is 14.6. The van der Waals surface area contributed by atoms with Crippen molar-refractivity contribution in [3.05, 3.63) is 10.9 Å². The molecule has 3 heterocycles. The van der Waals surface area contributed by atoms with Crippen LogP contribution in [0.2, 0.25) is 0 Å². The van der Waals surface area contributed by atoms with Crippen LogP contribution in [0.1, 0.15) is 32.1 Å². The Kier molecular flexibility index (Phi) is 4.02. The number of rotatable bonds is 3. The quantitative estimate of drug-likeness (QED) is 0.933. The van der Waals surface area contributed by atoms with Crippen LogP contribution in [-0.4, -0.2) is 29.6 Å². The fourth-order valence-corrected chi connectivity index (χ4v) is 4.22. The second kappa shape index (κ2) is 5.79. The van der Waals surface area contributed by atoms with E-state index in [1.54, 1.807) is 11.3 Å².